The molecule has 0 fully saturated rings. The second-order valence-electron chi connectivity index (χ2n) is 3.41. The molecule has 0 aromatic rings. The molecule has 2 nitrogen and oxygen atoms in total. The van der Waals surface area contributed by atoms with Gasteiger partial charge in [0.05, 0.1) is 0 Å². The second kappa shape index (κ2) is 1.51. The minimum absolute atomic E-state index is 0.00463. The molecule has 54 valence electrons. The third-order valence-corrected chi connectivity index (χ3v) is 2.83. The molecule has 0 saturated carbocycles. The number of nitrogens with one attached hydrogen (secondary N) is 1. The van der Waals surface area contributed by atoms with Crippen molar-refractivity contribution >= 4 is 6.21 Å². The zero-order valence-corrected chi connectivity index (χ0v) is 6.15. The third kappa shape index (κ3) is 0.465. The van der Waals surface area contributed by atoms with Crippen molar-refractivity contribution in [1.29, 1.82) is 5.41 Å². The normalized spacial score (nSPS) is 38.2. The molecule has 0 saturated heterocycles. The van der Waals surface area contributed by atoms with Gasteiger partial charge in [0.15, 0.2) is 0 Å². The standard InChI is InChI=1S/C8H12N2/c1-5(10)8(4-9)3-6-2-7(6)8/h4-5,9H,2-3,10H2,1H3. The quantitative estimate of drug-likeness (QED) is 0.433. The molecule has 0 radical (unpaired) electrons. The highest BCUT2D eigenvalue weighted by Crippen LogP contribution is 2.61. The Bertz CT molecular complexity index is 227. The van der Waals surface area contributed by atoms with E-state index in [9.17, 15) is 0 Å². The lowest BCUT2D eigenvalue weighted by Crippen LogP contribution is -2.42. The number of nitrogens with two attached hydrogens (primary N) is 1. The Hall–Kier alpha value is -0.630. The van der Waals surface area contributed by atoms with Crippen molar-refractivity contribution < 1.29 is 0 Å². The van der Waals surface area contributed by atoms with Gasteiger partial charge < -0.3 is 11.1 Å². The maximum atomic E-state index is 7.26. The minimum Gasteiger partial charge on any atom is -0.327 e. The van der Waals surface area contributed by atoms with Crippen molar-refractivity contribution in [1.82, 2.24) is 0 Å². The van der Waals surface area contributed by atoms with Crippen molar-refractivity contribution in [3.63, 3.8) is 0 Å². The van der Waals surface area contributed by atoms with E-state index >= 15 is 0 Å². The lowest BCUT2D eigenvalue weighted by atomic mass is 9.72. The molecule has 2 atom stereocenters. The van der Waals surface area contributed by atoms with Crippen LogP contribution in [-0.2, 0) is 0 Å². The fourth-order valence-corrected chi connectivity index (χ4v) is 1.89. The van der Waals surface area contributed by atoms with E-state index in [1.807, 2.05) is 6.92 Å². The average molecular weight is 136 g/mol. The summed E-state index contributed by atoms with van der Waals surface area (Å²) in [6, 6.07) is 0.131. The Labute approximate surface area is 60.6 Å². The van der Waals surface area contributed by atoms with Gasteiger partial charge in [-0.3, -0.25) is 0 Å². The van der Waals surface area contributed by atoms with Crippen LogP contribution in [0.3, 0.4) is 0 Å². The van der Waals surface area contributed by atoms with E-state index in [-0.39, 0.29) is 11.5 Å². The predicted molar refractivity (Wildman–Crippen MR) is 41.1 cm³/mol. The largest absolute Gasteiger partial charge is 0.327 e. The smallest absolute Gasteiger partial charge is 0.0449 e. The molecule has 2 aliphatic carbocycles. The van der Waals surface area contributed by atoms with Gasteiger partial charge in [0.1, 0.15) is 0 Å². The van der Waals surface area contributed by atoms with E-state index in [1.165, 1.54) is 11.8 Å². The number of hydrogen-bond acceptors (Lipinski definition) is 2. The molecule has 2 rings (SSSR count). The number of hydrogen-bond donors (Lipinski definition) is 2. The SMILES string of the molecule is CC(N)C1(C=N)CC2=C1C2. The Morgan fingerprint density at radius 1 is 1.80 bits per heavy atom. The number of allylic oxidation sites excluding steroid dienone is 1. The van der Waals surface area contributed by atoms with Crippen LogP contribution < -0.4 is 5.73 Å². The Kier molecular flexibility index (Phi) is 0.920. The summed E-state index contributed by atoms with van der Waals surface area (Å²) in [5.74, 6) is 0. The van der Waals surface area contributed by atoms with Gasteiger partial charge in [-0.1, -0.05) is 11.1 Å². The zero-order valence-electron chi connectivity index (χ0n) is 6.15. The zero-order chi connectivity index (χ0) is 7.35. The highest BCUT2D eigenvalue weighted by Gasteiger charge is 2.53. The van der Waals surface area contributed by atoms with Gasteiger partial charge >= 0.3 is 0 Å². The lowest BCUT2D eigenvalue weighted by Gasteiger charge is -2.34. The highest BCUT2D eigenvalue weighted by atomic mass is 14.7. The van der Waals surface area contributed by atoms with Crippen LogP contribution >= 0.6 is 0 Å². The first-order chi connectivity index (χ1) is 4.70. The molecule has 2 unspecified atom stereocenters. The van der Waals surface area contributed by atoms with Gasteiger partial charge in [-0.05, 0) is 19.8 Å². The molecule has 3 N–H and O–H groups in total. The summed E-state index contributed by atoms with van der Waals surface area (Å²) in [6.07, 6.45) is 3.75. The molecule has 2 heteroatoms. The molecular formula is C8H12N2. The Balaban J connectivity index is 2.27. The summed E-state index contributed by atoms with van der Waals surface area (Å²) >= 11 is 0. The van der Waals surface area contributed by atoms with Crippen molar-refractivity contribution in [2.24, 2.45) is 11.1 Å². The molecule has 0 spiro atoms. The molecule has 0 aromatic carbocycles. The van der Waals surface area contributed by atoms with Gasteiger partial charge in [-0.2, -0.15) is 0 Å². The van der Waals surface area contributed by atoms with Gasteiger partial charge in [-0.25, -0.2) is 0 Å². The maximum absolute atomic E-state index is 7.26. The summed E-state index contributed by atoms with van der Waals surface area (Å²) in [4.78, 5) is 0. The summed E-state index contributed by atoms with van der Waals surface area (Å²) in [5, 5.41) is 7.26. The lowest BCUT2D eigenvalue weighted by molar-refractivity contribution is 0.415. The molecule has 2 aliphatic rings. The fourth-order valence-electron chi connectivity index (χ4n) is 1.89. The van der Waals surface area contributed by atoms with Crippen molar-refractivity contribution in [2.45, 2.75) is 25.8 Å². The minimum atomic E-state index is -0.00463. The highest BCUT2D eigenvalue weighted by molar-refractivity contribution is 5.79. The van der Waals surface area contributed by atoms with Crippen LogP contribution in [0.2, 0.25) is 0 Å². The summed E-state index contributed by atoms with van der Waals surface area (Å²) in [7, 11) is 0. The van der Waals surface area contributed by atoms with Gasteiger partial charge in [0, 0.05) is 17.7 Å². The molecule has 0 bridgehead atoms. The molecule has 10 heavy (non-hydrogen) atoms. The topological polar surface area (TPSA) is 49.9 Å². The van der Waals surface area contributed by atoms with Gasteiger partial charge in [0.2, 0.25) is 0 Å². The summed E-state index contributed by atoms with van der Waals surface area (Å²) < 4.78 is 0. The average Bonchev–Trinajstić information content (AvgIpc) is 2.45. The summed E-state index contributed by atoms with van der Waals surface area (Å²) in [6.45, 7) is 1.99. The van der Waals surface area contributed by atoms with Crippen molar-refractivity contribution in [2.75, 3.05) is 0 Å². The predicted octanol–water partition coefficient (Wildman–Crippen LogP) is 1.07. The molecule has 0 aromatic heterocycles. The van der Waals surface area contributed by atoms with E-state index in [0.717, 1.165) is 12.8 Å². The summed E-state index contributed by atoms with van der Waals surface area (Å²) in [5.41, 5.74) is 8.78. The maximum Gasteiger partial charge on any atom is 0.0449 e. The number of rotatable bonds is 2. The van der Waals surface area contributed by atoms with E-state index in [0.29, 0.717) is 0 Å². The monoisotopic (exact) mass is 136 g/mol. The Morgan fingerprint density at radius 3 is 2.60 bits per heavy atom. The van der Waals surface area contributed by atoms with Crippen LogP contribution in [0.5, 0.6) is 0 Å². The van der Waals surface area contributed by atoms with Crippen LogP contribution in [0.15, 0.2) is 11.1 Å². The fraction of sp³-hybridized carbons (Fsp3) is 0.625. The molecule has 0 amide bonds. The molecule has 0 heterocycles. The van der Waals surface area contributed by atoms with Crippen molar-refractivity contribution in [3.05, 3.63) is 11.1 Å². The van der Waals surface area contributed by atoms with E-state index in [2.05, 4.69) is 0 Å². The van der Waals surface area contributed by atoms with Crippen LogP contribution in [0.25, 0.3) is 0 Å². The third-order valence-electron chi connectivity index (χ3n) is 2.83. The molecule has 0 aliphatic heterocycles. The first kappa shape index (κ1) is 6.10. The second-order valence-corrected chi connectivity index (χ2v) is 3.41. The van der Waals surface area contributed by atoms with E-state index in [4.69, 9.17) is 11.1 Å². The van der Waals surface area contributed by atoms with Crippen molar-refractivity contribution in [3.8, 4) is 0 Å². The van der Waals surface area contributed by atoms with Crippen LogP contribution in [0.1, 0.15) is 19.8 Å². The van der Waals surface area contributed by atoms with E-state index in [1.54, 1.807) is 5.57 Å². The van der Waals surface area contributed by atoms with Crippen LogP contribution in [0.4, 0.5) is 0 Å². The van der Waals surface area contributed by atoms with Crippen LogP contribution in [0, 0.1) is 10.8 Å². The Morgan fingerprint density at radius 2 is 2.50 bits per heavy atom. The van der Waals surface area contributed by atoms with Gasteiger partial charge in [0.25, 0.3) is 0 Å². The van der Waals surface area contributed by atoms with Crippen LogP contribution in [-0.4, -0.2) is 12.3 Å². The first-order valence-corrected chi connectivity index (χ1v) is 3.69. The first-order valence-electron chi connectivity index (χ1n) is 3.69. The van der Waals surface area contributed by atoms with E-state index < -0.39 is 0 Å². The van der Waals surface area contributed by atoms with Gasteiger partial charge in [-0.15, -0.1) is 0 Å². The molecular weight excluding hydrogens is 124 g/mol.